The molecule has 1 aromatic carbocycles. The highest BCUT2D eigenvalue weighted by Crippen LogP contribution is 2.39. The Morgan fingerprint density at radius 3 is 2.53 bits per heavy atom. The molecule has 1 atom stereocenters. The van der Waals surface area contributed by atoms with E-state index in [9.17, 15) is 18.0 Å². The van der Waals surface area contributed by atoms with Crippen LogP contribution >= 0.6 is 0 Å². The summed E-state index contributed by atoms with van der Waals surface area (Å²) in [5.41, 5.74) is 11.1. The predicted molar refractivity (Wildman–Crippen MR) is 162 cm³/mol. The number of carbonyl (C=O) groups is 1. The van der Waals surface area contributed by atoms with Gasteiger partial charge in [0.15, 0.2) is 0 Å². The zero-order chi connectivity index (χ0) is 31.1. The topological polar surface area (TPSA) is 90.4 Å². The van der Waals surface area contributed by atoms with Gasteiger partial charge in [-0.2, -0.15) is 18.3 Å². The second kappa shape index (κ2) is 11.8. The van der Waals surface area contributed by atoms with Gasteiger partial charge < -0.3 is 10.7 Å². The summed E-state index contributed by atoms with van der Waals surface area (Å²) < 4.78 is 44.1. The zero-order valence-electron chi connectivity index (χ0n) is 25.2. The molecule has 0 saturated heterocycles. The van der Waals surface area contributed by atoms with E-state index in [2.05, 4.69) is 45.1 Å². The molecule has 0 saturated carbocycles. The van der Waals surface area contributed by atoms with Crippen LogP contribution in [0.15, 0.2) is 42.9 Å². The molecule has 1 unspecified atom stereocenters. The number of nitrogens with one attached hydrogen (secondary N) is 3. The van der Waals surface area contributed by atoms with Crippen molar-refractivity contribution in [3.05, 3.63) is 82.1 Å². The Morgan fingerprint density at radius 1 is 1.14 bits per heavy atom. The van der Waals surface area contributed by atoms with Gasteiger partial charge in [-0.25, -0.2) is 0 Å². The average molecular weight is 595 g/mol. The second-order valence-corrected chi connectivity index (χ2v) is 11.1. The number of rotatable bonds is 7. The number of nitrogens with zero attached hydrogens (tertiary/aromatic N) is 5. The fraction of sp³-hybridized carbons (Fsp3) is 0.387. The third kappa shape index (κ3) is 6.16. The van der Waals surface area contributed by atoms with E-state index < -0.39 is 17.6 Å². The zero-order valence-corrected chi connectivity index (χ0v) is 25.2. The number of hydrogen-bond acceptors (Lipinski definition) is 7. The first kappa shape index (κ1) is 30.3. The summed E-state index contributed by atoms with van der Waals surface area (Å²) in [6.07, 6.45) is 4.08. The van der Waals surface area contributed by atoms with Gasteiger partial charge in [0.2, 0.25) is 0 Å². The number of aryl methyl sites for hydroxylation is 2. The van der Waals surface area contributed by atoms with Crippen LogP contribution < -0.4 is 21.3 Å². The molecule has 12 heteroatoms. The minimum Gasteiger partial charge on any atom is -0.322 e. The Kier molecular flexibility index (Phi) is 8.35. The van der Waals surface area contributed by atoms with E-state index in [4.69, 9.17) is 0 Å². The van der Waals surface area contributed by atoms with Crippen molar-refractivity contribution in [2.75, 3.05) is 23.4 Å². The molecule has 2 aliphatic heterocycles. The summed E-state index contributed by atoms with van der Waals surface area (Å²) in [5.74, 6) is -0.559. The molecular formula is C31H37F3N8O. The van der Waals surface area contributed by atoms with Crippen LogP contribution in [0.25, 0.3) is 11.3 Å². The fourth-order valence-corrected chi connectivity index (χ4v) is 5.44. The molecule has 9 nitrogen and oxygen atoms in total. The average Bonchev–Trinajstić information content (AvgIpc) is 3.59. The summed E-state index contributed by atoms with van der Waals surface area (Å²) in [5, 5.41) is 8.68. The molecule has 228 valence electrons. The molecule has 5 rings (SSSR count). The van der Waals surface area contributed by atoms with Gasteiger partial charge in [0.1, 0.15) is 0 Å². The minimum absolute atomic E-state index is 0.0838. The number of alkyl halides is 3. The summed E-state index contributed by atoms with van der Waals surface area (Å²) in [6.45, 7) is 11.0. The molecule has 0 fully saturated rings. The molecule has 0 bridgehead atoms. The number of halogens is 3. The second-order valence-electron chi connectivity index (χ2n) is 11.1. The van der Waals surface area contributed by atoms with Crippen LogP contribution in [0.2, 0.25) is 0 Å². The van der Waals surface area contributed by atoms with E-state index in [1.165, 1.54) is 13.1 Å². The third-order valence-electron chi connectivity index (χ3n) is 8.45. The lowest BCUT2D eigenvalue weighted by Crippen LogP contribution is -2.36. The Hall–Kier alpha value is -4.16. The number of hydrazine groups is 2. The maximum Gasteiger partial charge on any atom is 0.416 e. The Morgan fingerprint density at radius 2 is 1.91 bits per heavy atom. The van der Waals surface area contributed by atoms with Gasteiger partial charge in [0.25, 0.3) is 5.91 Å². The van der Waals surface area contributed by atoms with E-state index in [0.717, 1.165) is 41.6 Å². The molecular weight excluding hydrogens is 557 g/mol. The third-order valence-corrected chi connectivity index (χ3v) is 8.45. The summed E-state index contributed by atoms with van der Waals surface area (Å²) in [7, 11) is 1.86. The van der Waals surface area contributed by atoms with Crippen LogP contribution in [0.1, 0.15) is 70.7 Å². The van der Waals surface area contributed by atoms with Crippen molar-refractivity contribution in [2.24, 2.45) is 7.05 Å². The van der Waals surface area contributed by atoms with Crippen LogP contribution in [0.3, 0.4) is 0 Å². The van der Waals surface area contributed by atoms with E-state index >= 15 is 0 Å². The lowest BCUT2D eigenvalue weighted by molar-refractivity contribution is -0.138. The Bertz CT molecular complexity index is 1610. The van der Waals surface area contributed by atoms with Crippen molar-refractivity contribution in [3.63, 3.8) is 0 Å². The predicted octanol–water partition coefficient (Wildman–Crippen LogP) is 5.73. The van der Waals surface area contributed by atoms with Crippen molar-refractivity contribution in [1.82, 2.24) is 30.6 Å². The maximum atomic E-state index is 14.1. The normalized spacial score (nSPS) is 16.5. The maximum absolute atomic E-state index is 14.1. The summed E-state index contributed by atoms with van der Waals surface area (Å²) in [6, 6.07) is 4.70. The number of carbonyl (C=O) groups excluding carboxylic acids is 1. The van der Waals surface area contributed by atoms with Gasteiger partial charge in [-0.15, -0.1) is 5.53 Å². The molecule has 0 aliphatic carbocycles. The summed E-state index contributed by atoms with van der Waals surface area (Å²) >= 11 is 0. The first-order chi connectivity index (χ1) is 20.4. The van der Waals surface area contributed by atoms with Crippen LogP contribution in [0, 0.1) is 20.8 Å². The molecule has 0 radical (unpaired) electrons. The van der Waals surface area contributed by atoms with Gasteiger partial charge in [0.05, 0.1) is 34.4 Å². The SMILES string of the molecule is CCC(C)N1CC=C(c2cc(NC(=O)c3cnc(C)c(N4C=C(c5cnn(C)c5C)NN4)c3)cc(C(F)(F)F)c2C)CC1. The first-order valence-corrected chi connectivity index (χ1v) is 14.3. The quantitative estimate of drug-likeness (QED) is 0.322. The number of hydrogen-bond donors (Lipinski definition) is 3. The Labute approximate surface area is 249 Å². The molecule has 4 heterocycles. The highest BCUT2D eigenvalue weighted by atomic mass is 19.4. The number of pyridine rings is 1. The van der Waals surface area contributed by atoms with Crippen molar-refractivity contribution >= 4 is 28.6 Å². The monoisotopic (exact) mass is 594 g/mol. The van der Waals surface area contributed by atoms with Crippen molar-refractivity contribution < 1.29 is 18.0 Å². The van der Waals surface area contributed by atoms with E-state index in [-0.39, 0.29) is 16.8 Å². The molecule has 1 amide bonds. The number of aromatic nitrogens is 3. The van der Waals surface area contributed by atoms with Gasteiger partial charge in [-0.1, -0.05) is 13.0 Å². The van der Waals surface area contributed by atoms with Gasteiger partial charge in [-0.3, -0.25) is 24.4 Å². The van der Waals surface area contributed by atoms with Crippen molar-refractivity contribution in [1.29, 1.82) is 0 Å². The number of benzene rings is 1. The smallest absolute Gasteiger partial charge is 0.322 e. The highest BCUT2D eigenvalue weighted by molar-refractivity contribution is 6.05. The van der Waals surface area contributed by atoms with Gasteiger partial charge in [0, 0.05) is 55.5 Å². The Balaban J connectivity index is 1.42. The van der Waals surface area contributed by atoms with Crippen LogP contribution in [0.5, 0.6) is 0 Å². The van der Waals surface area contributed by atoms with Crippen LogP contribution in [-0.4, -0.2) is 44.7 Å². The van der Waals surface area contributed by atoms with Crippen molar-refractivity contribution in [2.45, 2.75) is 59.7 Å². The van der Waals surface area contributed by atoms with E-state index in [1.807, 2.05) is 33.2 Å². The van der Waals surface area contributed by atoms with Crippen molar-refractivity contribution in [3.8, 4) is 0 Å². The van der Waals surface area contributed by atoms with E-state index in [1.54, 1.807) is 28.0 Å². The van der Waals surface area contributed by atoms with Crippen LogP contribution in [0.4, 0.5) is 24.5 Å². The largest absolute Gasteiger partial charge is 0.416 e. The van der Waals surface area contributed by atoms with Crippen LogP contribution in [-0.2, 0) is 13.2 Å². The lowest BCUT2D eigenvalue weighted by atomic mass is 9.91. The molecule has 0 spiro atoms. The first-order valence-electron chi connectivity index (χ1n) is 14.3. The molecule has 43 heavy (non-hydrogen) atoms. The van der Waals surface area contributed by atoms with Gasteiger partial charge in [-0.05, 0) is 75.4 Å². The molecule has 2 aliphatic rings. The highest BCUT2D eigenvalue weighted by Gasteiger charge is 2.34. The van der Waals surface area contributed by atoms with Gasteiger partial charge >= 0.3 is 6.18 Å². The molecule has 2 aromatic heterocycles. The van der Waals surface area contributed by atoms with E-state index in [0.29, 0.717) is 36.0 Å². The number of amides is 1. The minimum atomic E-state index is -4.57. The lowest BCUT2D eigenvalue weighted by Gasteiger charge is -2.32. The molecule has 3 N–H and O–H groups in total. The number of anilines is 2. The fourth-order valence-electron chi connectivity index (χ4n) is 5.44. The summed E-state index contributed by atoms with van der Waals surface area (Å²) in [4.78, 5) is 20.1. The standard InChI is InChI=1S/C31H37F3N8O/c1-7-18(2)41-10-8-22(9-11-41)25-13-24(14-27(19(25)3)31(32,33)34)37-30(43)23-12-29(20(4)35-15-23)42-17-28(38-39-42)26-16-36-40(6)21(26)5/h8,12-18,38-39H,7,9-11H2,1-6H3,(H,37,43). The molecule has 3 aromatic rings.